The number of sulfone groups is 1. The third kappa shape index (κ3) is 4.49. The lowest BCUT2D eigenvalue weighted by atomic mass is 10.0. The zero-order valence-electron chi connectivity index (χ0n) is 14.9. The number of amides is 2. The van der Waals surface area contributed by atoms with Gasteiger partial charge in [-0.2, -0.15) is 0 Å². The van der Waals surface area contributed by atoms with Gasteiger partial charge in [0.2, 0.25) is 5.91 Å². The Bertz CT molecular complexity index is 1170. The van der Waals surface area contributed by atoms with E-state index < -0.39 is 21.7 Å². The summed E-state index contributed by atoms with van der Waals surface area (Å²) >= 11 is 5.98. The van der Waals surface area contributed by atoms with Gasteiger partial charge >= 0.3 is 0 Å². The summed E-state index contributed by atoms with van der Waals surface area (Å²) < 4.78 is 23.3. The van der Waals surface area contributed by atoms with Crippen molar-refractivity contribution in [2.45, 2.75) is 11.3 Å². The number of rotatable bonds is 4. The number of carbonyl (C=O) groups excluding carboxylic acids is 2. The van der Waals surface area contributed by atoms with Crippen molar-refractivity contribution in [2.75, 3.05) is 6.26 Å². The topological polar surface area (TPSA) is 92.3 Å². The van der Waals surface area contributed by atoms with E-state index in [0.717, 1.165) is 22.6 Å². The third-order valence-corrected chi connectivity index (χ3v) is 5.60. The molecular weight excluding hydrogens is 400 g/mol. The number of hydrogen-bond donors (Lipinski definition) is 2. The summed E-state index contributed by atoms with van der Waals surface area (Å²) in [6.45, 7) is 0. The van der Waals surface area contributed by atoms with Crippen LogP contribution in [0.5, 0.6) is 0 Å². The summed E-state index contributed by atoms with van der Waals surface area (Å²) in [5, 5.41) is 2.05. The van der Waals surface area contributed by atoms with E-state index in [1.165, 1.54) is 18.2 Å². The van der Waals surface area contributed by atoms with Crippen molar-refractivity contribution in [1.29, 1.82) is 0 Å². The largest absolute Gasteiger partial charge is 0.273 e. The fraction of sp³-hybridized carbons (Fsp3) is 0.100. The molecule has 0 saturated heterocycles. The highest BCUT2D eigenvalue weighted by Gasteiger charge is 2.16. The van der Waals surface area contributed by atoms with Crippen molar-refractivity contribution in [3.8, 4) is 0 Å². The standard InChI is InChI=1S/C20H17ClN2O4S/c1-28(26,27)15-9-10-18(21)17(12-15)20(25)23-22-19(24)11-14-7-4-6-13-5-2-3-8-16(13)14/h2-10,12H,11H2,1H3,(H,22,24)(H,23,25). The summed E-state index contributed by atoms with van der Waals surface area (Å²) in [7, 11) is -3.49. The van der Waals surface area contributed by atoms with Crippen molar-refractivity contribution in [3.63, 3.8) is 0 Å². The molecule has 0 fully saturated rings. The normalized spacial score (nSPS) is 11.2. The maximum atomic E-state index is 12.3. The van der Waals surface area contributed by atoms with Gasteiger partial charge in [0.25, 0.3) is 5.91 Å². The number of hydrazine groups is 1. The van der Waals surface area contributed by atoms with Gasteiger partial charge in [-0.15, -0.1) is 0 Å². The van der Waals surface area contributed by atoms with Crippen LogP contribution in [0.15, 0.2) is 65.6 Å². The van der Waals surface area contributed by atoms with Crippen molar-refractivity contribution in [1.82, 2.24) is 10.9 Å². The number of benzene rings is 3. The van der Waals surface area contributed by atoms with E-state index in [-0.39, 0.29) is 21.9 Å². The number of fused-ring (bicyclic) bond motifs is 1. The van der Waals surface area contributed by atoms with E-state index in [9.17, 15) is 18.0 Å². The SMILES string of the molecule is CS(=O)(=O)c1ccc(Cl)c(C(=O)NNC(=O)Cc2cccc3ccccc23)c1. The van der Waals surface area contributed by atoms with Crippen LogP contribution in [-0.2, 0) is 21.1 Å². The molecule has 0 saturated carbocycles. The molecule has 0 unspecified atom stereocenters. The molecule has 0 spiro atoms. The minimum Gasteiger partial charge on any atom is -0.273 e. The average Bonchev–Trinajstić information content (AvgIpc) is 2.66. The first-order valence-electron chi connectivity index (χ1n) is 8.31. The predicted octanol–water partition coefficient (Wildman–Crippen LogP) is 2.90. The van der Waals surface area contributed by atoms with Crippen LogP contribution >= 0.6 is 11.6 Å². The first kappa shape index (κ1) is 19.9. The Morgan fingerprint density at radius 3 is 2.43 bits per heavy atom. The van der Waals surface area contributed by atoms with Gasteiger partial charge in [-0.25, -0.2) is 8.42 Å². The van der Waals surface area contributed by atoms with Crippen LogP contribution in [0.4, 0.5) is 0 Å². The highest BCUT2D eigenvalue weighted by molar-refractivity contribution is 7.90. The second kappa shape index (κ2) is 8.00. The molecule has 0 aromatic heterocycles. The molecule has 0 bridgehead atoms. The fourth-order valence-electron chi connectivity index (χ4n) is 2.77. The Morgan fingerprint density at radius 2 is 1.68 bits per heavy atom. The van der Waals surface area contributed by atoms with Crippen molar-refractivity contribution < 1.29 is 18.0 Å². The maximum Gasteiger partial charge on any atom is 0.271 e. The Kier molecular flexibility index (Phi) is 5.67. The quantitative estimate of drug-likeness (QED) is 0.639. The molecule has 2 amide bonds. The Balaban J connectivity index is 1.70. The zero-order chi connectivity index (χ0) is 20.3. The van der Waals surface area contributed by atoms with Gasteiger partial charge in [-0.1, -0.05) is 54.1 Å². The molecule has 28 heavy (non-hydrogen) atoms. The van der Waals surface area contributed by atoms with E-state index >= 15 is 0 Å². The highest BCUT2D eigenvalue weighted by atomic mass is 35.5. The Labute approximate surface area is 167 Å². The minimum absolute atomic E-state index is 0.0378. The summed E-state index contributed by atoms with van der Waals surface area (Å²) in [5.41, 5.74) is 5.38. The molecular formula is C20H17ClN2O4S. The fourth-order valence-corrected chi connectivity index (χ4v) is 3.62. The molecule has 2 N–H and O–H groups in total. The van der Waals surface area contributed by atoms with E-state index in [4.69, 9.17) is 11.6 Å². The summed E-state index contributed by atoms with van der Waals surface area (Å²) in [5.74, 6) is -1.12. The molecule has 8 heteroatoms. The van der Waals surface area contributed by atoms with Gasteiger partial charge in [0, 0.05) is 6.26 Å². The van der Waals surface area contributed by atoms with Crippen LogP contribution in [0, 0.1) is 0 Å². The number of carbonyl (C=O) groups is 2. The molecule has 3 rings (SSSR count). The van der Waals surface area contributed by atoms with Crippen LogP contribution in [0.2, 0.25) is 5.02 Å². The number of halogens is 1. The first-order chi connectivity index (χ1) is 13.3. The molecule has 0 aliphatic rings. The molecule has 0 aliphatic carbocycles. The van der Waals surface area contributed by atoms with Gasteiger partial charge in [-0.3, -0.25) is 20.4 Å². The number of hydrogen-bond acceptors (Lipinski definition) is 4. The molecule has 0 atom stereocenters. The van der Waals surface area contributed by atoms with E-state index in [1.807, 2.05) is 42.5 Å². The smallest absolute Gasteiger partial charge is 0.271 e. The molecule has 144 valence electrons. The van der Waals surface area contributed by atoms with E-state index in [0.29, 0.717) is 0 Å². The summed E-state index contributed by atoms with van der Waals surface area (Å²) in [4.78, 5) is 24.5. The molecule has 0 heterocycles. The molecule has 0 aliphatic heterocycles. The average molecular weight is 417 g/mol. The van der Waals surface area contributed by atoms with Gasteiger partial charge in [-0.05, 0) is 34.5 Å². The Morgan fingerprint density at radius 1 is 0.964 bits per heavy atom. The van der Waals surface area contributed by atoms with Crippen molar-refractivity contribution in [2.24, 2.45) is 0 Å². The second-order valence-corrected chi connectivity index (χ2v) is 8.65. The van der Waals surface area contributed by atoms with Gasteiger partial charge in [0.15, 0.2) is 9.84 Å². The first-order valence-corrected chi connectivity index (χ1v) is 10.6. The molecule has 3 aromatic rings. The molecule has 6 nitrogen and oxygen atoms in total. The molecule has 3 aromatic carbocycles. The van der Waals surface area contributed by atoms with Crippen molar-refractivity contribution >= 4 is 44.0 Å². The summed E-state index contributed by atoms with van der Waals surface area (Å²) in [6, 6.07) is 17.2. The lowest BCUT2D eigenvalue weighted by Crippen LogP contribution is -2.42. The molecule has 0 radical (unpaired) electrons. The van der Waals surface area contributed by atoms with Crippen LogP contribution < -0.4 is 10.9 Å². The highest BCUT2D eigenvalue weighted by Crippen LogP contribution is 2.21. The summed E-state index contributed by atoms with van der Waals surface area (Å²) in [6.07, 6.45) is 1.10. The van der Waals surface area contributed by atoms with Gasteiger partial charge < -0.3 is 0 Å². The van der Waals surface area contributed by atoms with Crippen LogP contribution in [0.25, 0.3) is 10.8 Å². The van der Waals surface area contributed by atoms with Gasteiger partial charge in [0.1, 0.15) is 0 Å². The van der Waals surface area contributed by atoms with Crippen LogP contribution in [0.3, 0.4) is 0 Å². The van der Waals surface area contributed by atoms with E-state index in [2.05, 4.69) is 10.9 Å². The minimum atomic E-state index is -3.49. The second-order valence-electron chi connectivity index (χ2n) is 6.23. The predicted molar refractivity (Wildman–Crippen MR) is 108 cm³/mol. The monoisotopic (exact) mass is 416 g/mol. The maximum absolute atomic E-state index is 12.3. The van der Waals surface area contributed by atoms with Gasteiger partial charge in [0.05, 0.1) is 21.9 Å². The lowest BCUT2D eigenvalue weighted by molar-refractivity contribution is -0.121. The number of nitrogens with one attached hydrogen (secondary N) is 2. The van der Waals surface area contributed by atoms with Crippen LogP contribution in [0.1, 0.15) is 15.9 Å². The van der Waals surface area contributed by atoms with Crippen molar-refractivity contribution in [3.05, 3.63) is 76.8 Å². The Hall–Kier alpha value is -2.90. The van der Waals surface area contributed by atoms with E-state index in [1.54, 1.807) is 0 Å². The zero-order valence-corrected chi connectivity index (χ0v) is 16.5. The lowest BCUT2D eigenvalue weighted by Gasteiger charge is -2.10. The third-order valence-electron chi connectivity index (χ3n) is 4.16. The van der Waals surface area contributed by atoms with Crippen LogP contribution in [-0.4, -0.2) is 26.5 Å².